The van der Waals surface area contributed by atoms with Crippen LogP contribution in [0.25, 0.3) is 22.2 Å². The van der Waals surface area contributed by atoms with Crippen molar-refractivity contribution in [1.29, 1.82) is 0 Å². The Bertz CT molecular complexity index is 918. The fourth-order valence-corrected chi connectivity index (χ4v) is 3.23. The van der Waals surface area contributed by atoms with Crippen LogP contribution in [-0.4, -0.2) is 27.2 Å². The lowest BCUT2D eigenvalue weighted by Gasteiger charge is -2.12. The third-order valence-electron chi connectivity index (χ3n) is 3.89. The zero-order chi connectivity index (χ0) is 18.7. The number of amides is 2. The molecule has 2 amide bonds. The van der Waals surface area contributed by atoms with Gasteiger partial charge >= 0.3 is 6.03 Å². The second-order valence-corrected chi connectivity index (χ2v) is 7.26. The molecule has 0 saturated heterocycles. The van der Waals surface area contributed by atoms with E-state index in [2.05, 4.69) is 25.8 Å². The highest BCUT2D eigenvalue weighted by molar-refractivity contribution is 7.15. The van der Waals surface area contributed by atoms with Crippen molar-refractivity contribution in [2.75, 3.05) is 5.32 Å². The van der Waals surface area contributed by atoms with Crippen LogP contribution in [0.1, 0.15) is 31.0 Å². The average molecular weight is 371 g/mol. The molecule has 2 aromatic heterocycles. The maximum atomic E-state index is 12.0. The van der Waals surface area contributed by atoms with Crippen LogP contribution in [0.2, 0.25) is 0 Å². The van der Waals surface area contributed by atoms with Gasteiger partial charge in [-0.2, -0.15) is 4.98 Å². The maximum absolute atomic E-state index is 12.0. The summed E-state index contributed by atoms with van der Waals surface area (Å²) in [5.41, 5.74) is 2.31. The molecular weight excluding hydrogens is 350 g/mol. The molecule has 0 radical (unpaired) electrons. The van der Waals surface area contributed by atoms with E-state index in [-0.39, 0.29) is 12.1 Å². The molecule has 2 N–H and O–H groups in total. The van der Waals surface area contributed by atoms with Crippen molar-refractivity contribution in [3.63, 3.8) is 0 Å². The first-order chi connectivity index (χ1) is 12.5. The summed E-state index contributed by atoms with van der Waals surface area (Å²) in [7, 11) is 0. The summed E-state index contributed by atoms with van der Waals surface area (Å²) in [6.07, 6.45) is 0.871. The summed E-state index contributed by atoms with van der Waals surface area (Å²) in [6, 6.07) is 7.22. The SMILES string of the molecule is CC[C@H](C)NC(=O)Nc1cccc(-c2noc(-c3sc(C)nc3C)n2)c1. The monoisotopic (exact) mass is 371 g/mol. The van der Waals surface area contributed by atoms with E-state index >= 15 is 0 Å². The number of anilines is 1. The van der Waals surface area contributed by atoms with Crippen molar-refractivity contribution < 1.29 is 9.32 Å². The molecule has 0 spiro atoms. The summed E-state index contributed by atoms with van der Waals surface area (Å²) >= 11 is 1.52. The first-order valence-corrected chi connectivity index (χ1v) is 9.24. The Balaban J connectivity index is 1.78. The Hall–Kier alpha value is -2.74. The van der Waals surface area contributed by atoms with Crippen LogP contribution >= 0.6 is 11.3 Å². The van der Waals surface area contributed by atoms with Gasteiger partial charge in [0.25, 0.3) is 5.89 Å². The zero-order valence-corrected chi connectivity index (χ0v) is 16.0. The second-order valence-electron chi connectivity index (χ2n) is 6.06. The van der Waals surface area contributed by atoms with Gasteiger partial charge in [0.15, 0.2) is 0 Å². The Morgan fingerprint density at radius 1 is 1.31 bits per heavy atom. The Labute approximate surface area is 155 Å². The predicted octanol–water partition coefficient (Wildman–Crippen LogP) is 4.40. The van der Waals surface area contributed by atoms with Crippen molar-refractivity contribution in [2.45, 2.75) is 40.2 Å². The fraction of sp³-hybridized carbons (Fsp3) is 0.333. The van der Waals surface area contributed by atoms with Gasteiger partial charge in [-0.1, -0.05) is 24.2 Å². The molecule has 7 nitrogen and oxygen atoms in total. The summed E-state index contributed by atoms with van der Waals surface area (Å²) in [4.78, 5) is 21.7. The predicted molar refractivity (Wildman–Crippen MR) is 102 cm³/mol. The van der Waals surface area contributed by atoms with Crippen molar-refractivity contribution >= 4 is 23.1 Å². The van der Waals surface area contributed by atoms with Gasteiger partial charge in [-0.3, -0.25) is 0 Å². The van der Waals surface area contributed by atoms with Gasteiger partial charge in [0, 0.05) is 17.3 Å². The molecule has 0 fully saturated rings. The number of rotatable bonds is 5. The molecule has 0 aliphatic heterocycles. The first kappa shape index (κ1) is 18.1. The number of benzene rings is 1. The number of nitrogens with zero attached hydrogens (tertiary/aromatic N) is 3. The van der Waals surface area contributed by atoms with E-state index in [4.69, 9.17) is 4.52 Å². The largest absolute Gasteiger partial charge is 0.335 e. The molecule has 0 unspecified atom stereocenters. The molecule has 136 valence electrons. The molecule has 0 saturated carbocycles. The number of aryl methyl sites for hydroxylation is 2. The Morgan fingerprint density at radius 2 is 2.12 bits per heavy atom. The van der Waals surface area contributed by atoms with Gasteiger partial charge in [0.2, 0.25) is 5.82 Å². The molecule has 0 aliphatic carbocycles. The van der Waals surface area contributed by atoms with E-state index in [1.54, 1.807) is 0 Å². The lowest BCUT2D eigenvalue weighted by molar-refractivity contribution is 0.249. The van der Waals surface area contributed by atoms with Gasteiger partial charge in [0.05, 0.1) is 10.7 Å². The van der Waals surface area contributed by atoms with Gasteiger partial charge in [-0.05, 0) is 39.3 Å². The Morgan fingerprint density at radius 3 is 2.81 bits per heavy atom. The molecular formula is C18H21N5O2S. The fourth-order valence-electron chi connectivity index (χ4n) is 2.39. The molecule has 1 aromatic carbocycles. The number of carbonyl (C=O) groups excluding carboxylic acids is 1. The van der Waals surface area contributed by atoms with Crippen LogP contribution < -0.4 is 10.6 Å². The maximum Gasteiger partial charge on any atom is 0.319 e. The minimum absolute atomic E-state index is 0.115. The summed E-state index contributed by atoms with van der Waals surface area (Å²) in [5, 5.41) is 10.7. The third kappa shape index (κ3) is 4.08. The lowest BCUT2D eigenvalue weighted by atomic mass is 10.2. The molecule has 0 bridgehead atoms. The van der Waals surface area contributed by atoms with Gasteiger partial charge < -0.3 is 15.2 Å². The lowest BCUT2D eigenvalue weighted by Crippen LogP contribution is -2.35. The van der Waals surface area contributed by atoms with E-state index in [9.17, 15) is 4.79 Å². The van der Waals surface area contributed by atoms with E-state index in [0.29, 0.717) is 17.4 Å². The van der Waals surface area contributed by atoms with Crippen LogP contribution in [0.4, 0.5) is 10.5 Å². The van der Waals surface area contributed by atoms with Gasteiger partial charge in [-0.15, -0.1) is 11.3 Å². The van der Waals surface area contributed by atoms with E-state index < -0.39 is 0 Å². The third-order valence-corrected chi connectivity index (χ3v) is 4.95. The number of urea groups is 1. The highest BCUT2D eigenvalue weighted by Crippen LogP contribution is 2.30. The molecule has 8 heteroatoms. The number of nitrogens with one attached hydrogen (secondary N) is 2. The van der Waals surface area contributed by atoms with Crippen molar-refractivity contribution in [3.8, 4) is 22.2 Å². The molecule has 2 heterocycles. The molecule has 26 heavy (non-hydrogen) atoms. The van der Waals surface area contributed by atoms with Crippen LogP contribution in [0.3, 0.4) is 0 Å². The number of thiazole rings is 1. The van der Waals surface area contributed by atoms with Crippen LogP contribution in [-0.2, 0) is 0 Å². The van der Waals surface area contributed by atoms with Gasteiger partial charge in [0.1, 0.15) is 4.88 Å². The van der Waals surface area contributed by atoms with Crippen LogP contribution in [0.15, 0.2) is 28.8 Å². The van der Waals surface area contributed by atoms with Crippen LogP contribution in [0.5, 0.6) is 0 Å². The Kier molecular flexibility index (Phi) is 5.32. The normalized spacial score (nSPS) is 12.0. The summed E-state index contributed by atoms with van der Waals surface area (Å²) in [5.74, 6) is 0.924. The molecule has 0 aliphatic rings. The smallest absolute Gasteiger partial charge is 0.319 e. The summed E-state index contributed by atoms with van der Waals surface area (Å²) in [6.45, 7) is 7.84. The number of aromatic nitrogens is 3. The molecule has 1 atom stereocenters. The summed E-state index contributed by atoms with van der Waals surface area (Å²) < 4.78 is 5.40. The number of carbonyl (C=O) groups is 1. The number of hydrogen-bond acceptors (Lipinski definition) is 6. The van der Waals surface area contributed by atoms with E-state index in [1.807, 2.05) is 52.0 Å². The minimum atomic E-state index is -0.235. The number of hydrogen-bond donors (Lipinski definition) is 2. The zero-order valence-electron chi connectivity index (χ0n) is 15.2. The second kappa shape index (κ2) is 7.65. The van der Waals surface area contributed by atoms with Gasteiger partial charge in [-0.25, -0.2) is 9.78 Å². The molecule has 3 aromatic rings. The molecule has 3 rings (SSSR count). The van der Waals surface area contributed by atoms with Crippen LogP contribution in [0, 0.1) is 13.8 Å². The van der Waals surface area contributed by atoms with Crippen molar-refractivity contribution in [3.05, 3.63) is 35.0 Å². The van der Waals surface area contributed by atoms with Crippen molar-refractivity contribution in [1.82, 2.24) is 20.4 Å². The quantitative estimate of drug-likeness (QED) is 0.693. The average Bonchev–Trinajstić information content (AvgIpc) is 3.21. The van der Waals surface area contributed by atoms with Crippen molar-refractivity contribution in [2.24, 2.45) is 0 Å². The van der Waals surface area contributed by atoms with E-state index in [1.165, 1.54) is 11.3 Å². The van der Waals surface area contributed by atoms with E-state index in [0.717, 1.165) is 27.6 Å². The highest BCUT2D eigenvalue weighted by atomic mass is 32.1. The minimum Gasteiger partial charge on any atom is -0.335 e. The highest BCUT2D eigenvalue weighted by Gasteiger charge is 2.16. The standard InChI is InChI=1S/C18H21N5O2S/c1-5-10(2)19-18(24)21-14-8-6-7-13(9-14)16-22-17(25-23-16)15-11(3)20-12(4)26-15/h6-10H,5H2,1-4H3,(H2,19,21,24)/t10-/m0/s1. The first-order valence-electron chi connectivity index (χ1n) is 8.42. The topological polar surface area (TPSA) is 92.9 Å².